The van der Waals surface area contributed by atoms with Crippen molar-refractivity contribution in [3.8, 4) is 6.07 Å². The maximum absolute atomic E-state index is 13.5. The molecule has 4 aliphatic carbocycles. The van der Waals surface area contributed by atoms with Crippen LogP contribution in [0.25, 0.3) is 0 Å². The van der Waals surface area contributed by atoms with Crippen LogP contribution in [0, 0.1) is 44.6 Å². The number of nitrogens with zero attached hydrogens (tertiary/aromatic N) is 4. The second-order valence-corrected chi connectivity index (χ2v) is 9.55. The molecule has 0 radical (unpaired) electrons. The molecule has 1 saturated heterocycles. The molecular formula is C22H26N4O3. The largest absolute Gasteiger partial charge is 0.362 e. The van der Waals surface area contributed by atoms with Crippen molar-refractivity contribution in [2.24, 2.45) is 23.2 Å². The first kappa shape index (κ1) is 18.4. The first-order chi connectivity index (χ1) is 14.0. The van der Waals surface area contributed by atoms with Gasteiger partial charge in [-0.2, -0.15) is 5.26 Å². The number of carbonyl (C=O) groups is 1. The Morgan fingerprint density at radius 2 is 1.66 bits per heavy atom. The van der Waals surface area contributed by atoms with Crippen LogP contribution in [0.1, 0.15) is 44.1 Å². The first-order valence-electron chi connectivity index (χ1n) is 10.7. The van der Waals surface area contributed by atoms with E-state index in [0.717, 1.165) is 37.0 Å². The molecule has 1 aliphatic heterocycles. The summed E-state index contributed by atoms with van der Waals surface area (Å²) in [6, 6.07) is 6.54. The minimum absolute atomic E-state index is 0.0184. The summed E-state index contributed by atoms with van der Waals surface area (Å²) >= 11 is 0. The lowest BCUT2D eigenvalue weighted by Gasteiger charge is -2.57. The lowest BCUT2D eigenvalue weighted by molar-refractivity contribution is -0.384. The molecule has 0 N–H and O–H groups in total. The normalized spacial score (nSPS) is 32.9. The quantitative estimate of drug-likeness (QED) is 0.579. The zero-order valence-corrected chi connectivity index (χ0v) is 16.5. The molecule has 0 spiro atoms. The van der Waals surface area contributed by atoms with Crippen molar-refractivity contribution in [2.75, 3.05) is 31.1 Å². The highest BCUT2D eigenvalue weighted by Crippen LogP contribution is 2.60. The van der Waals surface area contributed by atoms with Gasteiger partial charge in [-0.1, -0.05) is 0 Å². The highest BCUT2D eigenvalue weighted by atomic mass is 16.6. The molecule has 1 amide bonds. The molecule has 29 heavy (non-hydrogen) atoms. The Morgan fingerprint density at radius 3 is 2.17 bits per heavy atom. The molecule has 4 bridgehead atoms. The summed E-state index contributed by atoms with van der Waals surface area (Å²) in [7, 11) is 0. The fourth-order valence-corrected chi connectivity index (χ4v) is 6.86. The highest BCUT2D eigenvalue weighted by Gasteiger charge is 2.55. The van der Waals surface area contributed by atoms with Crippen LogP contribution in [-0.2, 0) is 4.79 Å². The summed E-state index contributed by atoms with van der Waals surface area (Å²) in [5, 5.41) is 20.6. The van der Waals surface area contributed by atoms with Crippen LogP contribution in [0.4, 0.5) is 11.4 Å². The summed E-state index contributed by atoms with van der Waals surface area (Å²) in [6.07, 6.45) is 7.15. The summed E-state index contributed by atoms with van der Waals surface area (Å²) in [4.78, 5) is 28.5. The molecule has 7 nitrogen and oxygen atoms in total. The Labute approximate surface area is 170 Å². The number of carbonyl (C=O) groups excluding carboxylic acids is 1. The highest BCUT2D eigenvalue weighted by molar-refractivity contribution is 5.83. The van der Waals surface area contributed by atoms with E-state index in [4.69, 9.17) is 5.26 Å². The predicted molar refractivity (Wildman–Crippen MR) is 107 cm³/mol. The third-order valence-corrected chi connectivity index (χ3v) is 7.70. The van der Waals surface area contributed by atoms with E-state index in [1.165, 1.54) is 31.4 Å². The number of piperazine rings is 1. The fraction of sp³-hybridized carbons (Fsp3) is 0.636. The minimum atomic E-state index is -0.399. The summed E-state index contributed by atoms with van der Waals surface area (Å²) in [5.41, 5.74) is 0.780. The maximum Gasteiger partial charge on any atom is 0.292 e. The monoisotopic (exact) mass is 394 g/mol. The van der Waals surface area contributed by atoms with Gasteiger partial charge in [-0.05, 0) is 68.4 Å². The number of rotatable bonds is 3. The molecule has 7 heteroatoms. The molecule has 152 valence electrons. The first-order valence-corrected chi connectivity index (χ1v) is 10.7. The van der Waals surface area contributed by atoms with Crippen molar-refractivity contribution in [3.05, 3.63) is 33.9 Å². The van der Waals surface area contributed by atoms with Crippen molar-refractivity contribution in [1.82, 2.24) is 4.90 Å². The average molecular weight is 394 g/mol. The van der Waals surface area contributed by atoms with E-state index >= 15 is 0 Å². The van der Waals surface area contributed by atoms with Crippen LogP contribution in [0.3, 0.4) is 0 Å². The van der Waals surface area contributed by atoms with E-state index in [2.05, 4.69) is 6.07 Å². The van der Waals surface area contributed by atoms with Gasteiger partial charge in [-0.25, -0.2) is 0 Å². The van der Waals surface area contributed by atoms with Gasteiger partial charge < -0.3 is 9.80 Å². The number of hydrogen-bond donors (Lipinski definition) is 0. The summed E-state index contributed by atoms with van der Waals surface area (Å²) in [5.74, 6) is 2.55. The van der Waals surface area contributed by atoms with Crippen LogP contribution in [0.2, 0.25) is 0 Å². The second kappa shape index (κ2) is 6.72. The van der Waals surface area contributed by atoms with E-state index in [0.29, 0.717) is 43.3 Å². The molecular weight excluding hydrogens is 368 g/mol. The molecule has 1 heterocycles. The Bertz CT molecular complexity index is 863. The lowest BCUT2D eigenvalue weighted by atomic mass is 9.49. The topological polar surface area (TPSA) is 90.5 Å². The van der Waals surface area contributed by atoms with Crippen LogP contribution >= 0.6 is 0 Å². The number of nitro benzene ring substituents is 1. The van der Waals surface area contributed by atoms with E-state index in [1.54, 1.807) is 6.07 Å². The van der Waals surface area contributed by atoms with Gasteiger partial charge in [0.2, 0.25) is 5.91 Å². The van der Waals surface area contributed by atoms with Gasteiger partial charge in [0.25, 0.3) is 5.69 Å². The molecule has 0 unspecified atom stereocenters. The number of hydrogen-bond acceptors (Lipinski definition) is 5. The van der Waals surface area contributed by atoms with Crippen molar-refractivity contribution in [1.29, 1.82) is 5.26 Å². The van der Waals surface area contributed by atoms with Gasteiger partial charge in [0.1, 0.15) is 5.69 Å². The average Bonchev–Trinajstić information content (AvgIpc) is 2.72. The molecule has 5 fully saturated rings. The summed E-state index contributed by atoms with van der Waals surface area (Å²) in [6.45, 7) is 2.31. The van der Waals surface area contributed by atoms with E-state index in [-0.39, 0.29) is 11.1 Å². The Morgan fingerprint density at radius 1 is 1.07 bits per heavy atom. The van der Waals surface area contributed by atoms with Crippen molar-refractivity contribution in [3.63, 3.8) is 0 Å². The Balaban J connectivity index is 1.31. The smallest absolute Gasteiger partial charge is 0.292 e. The number of nitro groups is 1. The van der Waals surface area contributed by atoms with Crippen molar-refractivity contribution >= 4 is 17.3 Å². The molecule has 1 aromatic rings. The molecule has 5 aliphatic rings. The lowest BCUT2D eigenvalue weighted by Crippen LogP contribution is -2.58. The maximum atomic E-state index is 13.5. The predicted octanol–water partition coefficient (Wildman–Crippen LogP) is 3.33. The molecule has 4 saturated carbocycles. The number of amides is 1. The van der Waals surface area contributed by atoms with Crippen LogP contribution in [0.5, 0.6) is 0 Å². The van der Waals surface area contributed by atoms with Gasteiger partial charge in [0, 0.05) is 32.2 Å². The van der Waals surface area contributed by atoms with Gasteiger partial charge in [0.15, 0.2) is 0 Å². The SMILES string of the molecule is N#Cc1ccc([N+](=O)[O-])c(N2CCN(C(=O)C34CC5CC(CC(C5)C3)C4)CC2)c1. The standard InChI is InChI=1S/C22H26N4O3/c23-14-15-1-2-19(26(28)29)20(10-15)24-3-5-25(6-4-24)21(27)22-11-16-7-17(12-22)9-18(8-16)13-22/h1-2,10,16-18H,3-9,11-13H2. The van der Waals surface area contributed by atoms with Crippen molar-refractivity contribution in [2.45, 2.75) is 38.5 Å². The second-order valence-electron chi connectivity index (χ2n) is 9.55. The third kappa shape index (κ3) is 3.06. The zero-order valence-electron chi connectivity index (χ0n) is 16.5. The van der Waals surface area contributed by atoms with Gasteiger partial charge >= 0.3 is 0 Å². The van der Waals surface area contributed by atoms with Crippen LogP contribution < -0.4 is 4.90 Å². The molecule has 0 atom stereocenters. The van der Waals surface area contributed by atoms with Gasteiger partial charge in [0.05, 0.1) is 22.0 Å². The Hall–Kier alpha value is -2.62. The molecule has 1 aromatic carbocycles. The zero-order chi connectivity index (χ0) is 20.2. The van der Waals surface area contributed by atoms with E-state index < -0.39 is 4.92 Å². The number of benzene rings is 1. The van der Waals surface area contributed by atoms with Crippen LogP contribution in [0.15, 0.2) is 18.2 Å². The molecule has 0 aromatic heterocycles. The van der Waals surface area contributed by atoms with Crippen molar-refractivity contribution < 1.29 is 9.72 Å². The van der Waals surface area contributed by atoms with E-state index in [9.17, 15) is 14.9 Å². The molecule has 6 rings (SSSR count). The summed E-state index contributed by atoms with van der Waals surface area (Å²) < 4.78 is 0. The van der Waals surface area contributed by atoms with Crippen LogP contribution in [-0.4, -0.2) is 41.9 Å². The number of anilines is 1. The fourth-order valence-electron chi connectivity index (χ4n) is 6.86. The number of nitriles is 1. The van der Waals surface area contributed by atoms with E-state index in [1.807, 2.05) is 9.80 Å². The third-order valence-electron chi connectivity index (χ3n) is 7.70. The van der Waals surface area contributed by atoms with Gasteiger partial charge in [-0.15, -0.1) is 0 Å². The Kier molecular flexibility index (Phi) is 4.27. The van der Waals surface area contributed by atoms with Gasteiger partial charge in [-0.3, -0.25) is 14.9 Å². The minimum Gasteiger partial charge on any atom is -0.362 e.